The van der Waals surface area contributed by atoms with Crippen LogP contribution in [-0.2, 0) is 17.1 Å². The Kier molecular flexibility index (Phi) is 8.68. The van der Waals surface area contributed by atoms with E-state index in [-0.39, 0.29) is 29.4 Å². The van der Waals surface area contributed by atoms with Gasteiger partial charge in [-0.3, -0.25) is 4.79 Å². The smallest absolute Gasteiger partial charge is 0.434 e. The maximum atomic E-state index is 14.2. The molecule has 0 saturated carbocycles. The summed E-state index contributed by atoms with van der Waals surface area (Å²) in [5.41, 5.74) is -3.05. The molecule has 44 heavy (non-hydrogen) atoms. The third-order valence-corrected chi connectivity index (χ3v) is 7.29. The zero-order valence-electron chi connectivity index (χ0n) is 22.5. The van der Waals surface area contributed by atoms with Crippen LogP contribution in [0.4, 0.5) is 26.3 Å². The number of aliphatic carboxylic acids is 1. The summed E-state index contributed by atoms with van der Waals surface area (Å²) in [5.74, 6) is -2.77. The van der Waals surface area contributed by atoms with Gasteiger partial charge in [-0.15, -0.1) is 0 Å². The molecule has 3 aromatic heterocycles. The summed E-state index contributed by atoms with van der Waals surface area (Å²) in [4.78, 5) is 20.5. The Labute approximate surface area is 249 Å². The fourth-order valence-corrected chi connectivity index (χ4v) is 5.29. The van der Waals surface area contributed by atoms with Gasteiger partial charge in [-0.05, 0) is 36.9 Å². The maximum absolute atomic E-state index is 14.2. The largest absolute Gasteiger partial charge is 0.481 e. The number of nitrogens with zero attached hydrogens (tertiary/aromatic N) is 6. The van der Waals surface area contributed by atoms with E-state index < -0.39 is 58.0 Å². The van der Waals surface area contributed by atoms with Crippen LogP contribution >= 0.6 is 11.6 Å². The lowest BCUT2D eigenvalue weighted by atomic mass is 9.94. The highest BCUT2D eigenvalue weighted by molar-refractivity contribution is 6.30. The van der Waals surface area contributed by atoms with Gasteiger partial charge in [0.25, 0.3) is 5.89 Å². The second-order valence-electron chi connectivity index (χ2n) is 10.3. The molecule has 10 nitrogen and oxygen atoms in total. The van der Waals surface area contributed by atoms with E-state index in [1.807, 2.05) is 4.90 Å². The Hall–Kier alpha value is -4.02. The molecule has 1 aromatic carbocycles. The number of carboxylic acids is 1. The second-order valence-corrected chi connectivity index (χ2v) is 10.7. The number of β-amino-alcohol motifs (C(OH)–C–C–N with tert-alkyl or cyclic N) is 1. The van der Waals surface area contributed by atoms with Gasteiger partial charge >= 0.3 is 18.3 Å². The average Bonchev–Trinajstić information content (AvgIpc) is 3.60. The van der Waals surface area contributed by atoms with Gasteiger partial charge in [-0.25, -0.2) is 9.67 Å². The number of aliphatic hydroxyl groups excluding tert-OH is 1. The molecule has 1 aliphatic rings. The van der Waals surface area contributed by atoms with Crippen LogP contribution in [0.15, 0.2) is 47.2 Å². The Balaban J connectivity index is 1.37. The summed E-state index contributed by atoms with van der Waals surface area (Å²) in [6.45, 7) is 1.55. The van der Waals surface area contributed by atoms with E-state index in [1.165, 1.54) is 12.1 Å². The van der Waals surface area contributed by atoms with Crippen LogP contribution in [0.5, 0.6) is 0 Å². The molecule has 5 rings (SSSR count). The standard InChI is InChI=1S/C27H23ClF6N6O4/c28-17-9-19(26(29,30)31)24(35-10-17)40-22(27(32,33)34)18(11-36-40)25-37-23(38-44-25)16-5-3-15(4-6-16)20(41)13-39-7-1-2-14(12-39)8-21(42)43/h3-6,9-11,14,20,41H,1-2,7-8,12-13H2,(H,42,43)/t14-,20-/m1/s1. The first-order chi connectivity index (χ1) is 20.7. The summed E-state index contributed by atoms with van der Waals surface area (Å²) in [5, 5.41) is 26.6. The quantitative estimate of drug-likeness (QED) is 0.225. The highest BCUT2D eigenvalue weighted by Gasteiger charge is 2.43. The van der Waals surface area contributed by atoms with Crippen LogP contribution in [-0.4, -0.2) is 65.6 Å². The topological polar surface area (TPSA) is 130 Å². The number of piperidine rings is 1. The van der Waals surface area contributed by atoms with Crippen molar-refractivity contribution in [1.29, 1.82) is 0 Å². The summed E-state index contributed by atoms with van der Waals surface area (Å²) >= 11 is 5.61. The minimum Gasteiger partial charge on any atom is -0.481 e. The van der Waals surface area contributed by atoms with Crippen molar-refractivity contribution in [3.05, 3.63) is 64.6 Å². The van der Waals surface area contributed by atoms with E-state index in [4.69, 9.17) is 21.2 Å². The van der Waals surface area contributed by atoms with E-state index in [0.717, 1.165) is 25.6 Å². The number of aliphatic hydroxyl groups is 1. The molecule has 1 fully saturated rings. The second kappa shape index (κ2) is 12.2. The average molecular weight is 645 g/mol. The molecular weight excluding hydrogens is 622 g/mol. The van der Waals surface area contributed by atoms with Crippen molar-refractivity contribution in [2.75, 3.05) is 19.6 Å². The number of carbonyl (C=O) groups is 1. The predicted molar refractivity (Wildman–Crippen MR) is 141 cm³/mol. The molecule has 17 heteroatoms. The molecule has 0 unspecified atom stereocenters. The number of hydrogen-bond acceptors (Lipinski definition) is 8. The summed E-state index contributed by atoms with van der Waals surface area (Å²) in [6, 6.07) is 6.66. The van der Waals surface area contributed by atoms with Crippen molar-refractivity contribution in [2.24, 2.45) is 5.92 Å². The molecule has 1 saturated heterocycles. The number of alkyl halides is 6. The third kappa shape index (κ3) is 6.87. The van der Waals surface area contributed by atoms with Crippen LogP contribution < -0.4 is 0 Å². The molecule has 234 valence electrons. The van der Waals surface area contributed by atoms with Crippen molar-refractivity contribution in [3.63, 3.8) is 0 Å². The highest BCUT2D eigenvalue weighted by Crippen LogP contribution is 2.41. The first-order valence-corrected chi connectivity index (χ1v) is 13.5. The molecule has 1 aliphatic heterocycles. The number of rotatable bonds is 8. The zero-order valence-corrected chi connectivity index (χ0v) is 23.2. The zero-order chi connectivity index (χ0) is 31.8. The van der Waals surface area contributed by atoms with Crippen LogP contribution in [0.25, 0.3) is 28.7 Å². The first-order valence-electron chi connectivity index (χ1n) is 13.2. The fourth-order valence-electron chi connectivity index (χ4n) is 5.13. The highest BCUT2D eigenvalue weighted by atomic mass is 35.5. The Morgan fingerprint density at radius 3 is 2.50 bits per heavy atom. The Bertz CT molecular complexity index is 1640. The van der Waals surface area contributed by atoms with E-state index in [1.54, 1.807) is 12.1 Å². The van der Waals surface area contributed by atoms with E-state index in [2.05, 4.69) is 20.2 Å². The third-order valence-electron chi connectivity index (χ3n) is 7.08. The molecule has 0 bridgehead atoms. The van der Waals surface area contributed by atoms with Gasteiger partial charge in [0, 0.05) is 31.3 Å². The van der Waals surface area contributed by atoms with Crippen molar-refractivity contribution in [1.82, 2.24) is 29.8 Å². The van der Waals surface area contributed by atoms with Gasteiger partial charge in [0.15, 0.2) is 11.5 Å². The minimum absolute atomic E-state index is 0.000753. The van der Waals surface area contributed by atoms with Crippen LogP contribution in [0.2, 0.25) is 5.02 Å². The normalized spacial score (nSPS) is 17.1. The van der Waals surface area contributed by atoms with E-state index in [0.29, 0.717) is 29.9 Å². The van der Waals surface area contributed by atoms with E-state index in [9.17, 15) is 36.2 Å². The molecule has 2 atom stereocenters. The maximum Gasteiger partial charge on any atom is 0.434 e. The monoisotopic (exact) mass is 644 g/mol. The van der Waals surface area contributed by atoms with Gasteiger partial charge in [0.1, 0.15) is 5.56 Å². The van der Waals surface area contributed by atoms with Gasteiger partial charge in [0.05, 0.1) is 22.9 Å². The molecule has 0 radical (unpaired) electrons. The SMILES string of the molecule is O=C(O)C[C@H]1CCCN(C[C@@H](O)c2ccc(-c3noc(-c4cnn(-c5ncc(Cl)cc5C(F)(F)F)c4C(F)(F)F)n3)cc2)C1. The van der Waals surface area contributed by atoms with Gasteiger partial charge in [-0.1, -0.05) is 41.0 Å². The Morgan fingerprint density at radius 2 is 1.84 bits per heavy atom. The number of aromatic nitrogens is 5. The summed E-state index contributed by atoms with van der Waals surface area (Å²) in [6.07, 6.45) is -8.08. The van der Waals surface area contributed by atoms with E-state index >= 15 is 0 Å². The number of pyridine rings is 1. The van der Waals surface area contributed by atoms with Crippen molar-refractivity contribution >= 4 is 17.6 Å². The van der Waals surface area contributed by atoms with Crippen LogP contribution in [0.3, 0.4) is 0 Å². The fraction of sp³-hybridized carbons (Fsp3) is 0.370. The number of benzene rings is 1. The number of likely N-dealkylation sites (tertiary alicyclic amines) is 1. The lowest BCUT2D eigenvalue weighted by Gasteiger charge is -2.33. The Morgan fingerprint density at radius 1 is 1.11 bits per heavy atom. The summed E-state index contributed by atoms with van der Waals surface area (Å²) in [7, 11) is 0. The molecular formula is C27H23ClF6N6O4. The molecule has 0 spiro atoms. The minimum atomic E-state index is -5.20. The number of hydrogen-bond donors (Lipinski definition) is 2. The summed E-state index contributed by atoms with van der Waals surface area (Å²) < 4.78 is 88.4. The predicted octanol–water partition coefficient (Wildman–Crippen LogP) is 5.90. The molecule has 4 aromatic rings. The number of halogens is 7. The van der Waals surface area contributed by atoms with Crippen molar-refractivity contribution in [3.8, 4) is 28.7 Å². The van der Waals surface area contributed by atoms with Crippen molar-refractivity contribution < 1.29 is 45.9 Å². The number of carboxylic acid groups (broad SMARTS) is 1. The van der Waals surface area contributed by atoms with Gasteiger partial charge in [-0.2, -0.15) is 36.4 Å². The lowest BCUT2D eigenvalue weighted by molar-refractivity contribution is -0.144. The molecule has 0 amide bonds. The van der Waals surface area contributed by atoms with Gasteiger partial charge in [0.2, 0.25) is 5.82 Å². The lowest BCUT2D eigenvalue weighted by Crippen LogP contribution is -2.38. The first kappa shape index (κ1) is 31.4. The van der Waals surface area contributed by atoms with Gasteiger partial charge < -0.3 is 19.6 Å². The molecule has 4 heterocycles. The van der Waals surface area contributed by atoms with Crippen LogP contribution in [0.1, 0.15) is 42.2 Å². The molecule has 2 N–H and O–H groups in total. The van der Waals surface area contributed by atoms with Crippen molar-refractivity contribution in [2.45, 2.75) is 37.7 Å². The molecule has 0 aliphatic carbocycles. The van der Waals surface area contributed by atoms with Crippen LogP contribution in [0, 0.1) is 5.92 Å².